The maximum absolute atomic E-state index is 12.7. The Morgan fingerprint density at radius 1 is 0.871 bits per heavy atom. The molecule has 31 heavy (non-hydrogen) atoms. The molecule has 2 aromatic carbocycles. The number of rotatable bonds is 8. The van der Waals surface area contributed by atoms with Gasteiger partial charge in [0.2, 0.25) is 0 Å². The molecule has 8 heteroatoms. The normalized spacial score (nSPS) is 10.6. The van der Waals surface area contributed by atoms with Crippen molar-refractivity contribution in [3.05, 3.63) is 78.6 Å². The first-order valence-electron chi connectivity index (χ1n) is 9.50. The highest BCUT2D eigenvalue weighted by atomic mass is 32.2. The van der Waals surface area contributed by atoms with Gasteiger partial charge >= 0.3 is 0 Å². The Morgan fingerprint density at radius 3 is 2.10 bits per heavy atom. The Hall–Kier alpha value is -3.65. The van der Waals surface area contributed by atoms with Crippen LogP contribution in [0, 0.1) is 0 Å². The van der Waals surface area contributed by atoms with E-state index in [1.54, 1.807) is 50.9 Å². The number of aromatic nitrogens is 4. The van der Waals surface area contributed by atoms with Crippen molar-refractivity contribution < 1.29 is 14.3 Å². The molecule has 4 rings (SSSR count). The van der Waals surface area contributed by atoms with Crippen LogP contribution in [0.1, 0.15) is 10.4 Å². The van der Waals surface area contributed by atoms with E-state index >= 15 is 0 Å². The van der Waals surface area contributed by atoms with E-state index in [-0.39, 0.29) is 11.5 Å². The third-order valence-corrected chi connectivity index (χ3v) is 5.58. The first kappa shape index (κ1) is 20.6. The average Bonchev–Trinajstić information content (AvgIpc) is 3.27. The molecule has 0 fully saturated rings. The number of hydrogen-bond acceptors (Lipinski definition) is 7. The SMILES string of the molecule is COc1ccc(C(=O)CSc2nnc(-c3ccncc3)n2-c2ccc(OC)cc2)cc1. The van der Waals surface area contributed by atoms with Crippen molar-refractivity contribution in [1.29, 1.82) is 0 Å². The fourth-order valence-corrected chi connectivity index (χ4v) is 3.85. The van der Waals surface area contributed by atoms with Crippen LogP contribution in [0.5, 0.6) is 11.5 Å². The fraction of sp³-hybridized carbons (Fsp3) is 0.130. The van der Waals surface area contributed by atoms with Crippen LogP contribution in [-0.2, 0) is 0 Å². The van der Waals surface area contributed by atoms with E-state index in [1.807, 2.05) is 41.0 Å². The van der Waals surface area contributed by atoms with Gasteiger partial charge in [-0.15, -0.1) is 10.2 Å². The molecule has 0 atom stereocenters. The van der Waals surface area contributed by atoms with Gasteiger partial charge in [-0.3, -0.25) is 14.3 Å². The lowest BCUT2D eigenvalue weighted by atomic mass is 10.1. The molecule has 0 saturated carbocycles. The minimum atomic E-state index is 0.00222. The summed E-state index contributed by atoms with van der Waals surface area (Å²) in [5.74, 6) is 2.38. The minimum Gasteiger partial charge on any atom is -0.497 e. The Kier molecular flexibility index (Phi) is 6.28. The third-order valence-electron chi connectivity index (χ3n) is 4.65. The maximum atomic E-state index is 12.7. The van der Waals surface area contributed by atoms with Crippen molar-refractivity contribution in [1.82, 2.24) is 19.7 Å². The van der Waals surface area contributed by atoms with Crippen molar-refractivity contribution >= 4 is 17.5 Å². The predicted octanol–water partition coefficient (Wildman–Crippen LogP) is 4.32. The van der Waals surface area contributed by atoms with E-state index in [1.165, 1.54) is 11.8 Å². The molecular formula is C23H20N4O3S. The van der Waals surface area contributed by atoms with Gasteiger partial charge in [-0.2, -0.15) is 0 Å². The van der Waals surface area contributed by atoms with Crippen LogP contribution in [0.25, 0.3) is 17.1 Å². The van der Waals surface area contributed by atoms with Crippen LogP contribution in [0.4, 0.5) is 0 Å². The van der Waals surface area contributed by atoms with Crippen molar-refractivity contribution in [3.63, 3.8) is 0 Å². The predicted molar refractivity (Wildman–Crippen MR) is 119 cm³/mol. The molecule has 2 heterocycles. The zero-order valence-corrected chi connectivity index (χ0v) is 17.9. The van der Waals surface area contributed by atoms with Crippen LogP contribution in [0.3, 0.4) is 0 Å². The van der Waals surface area contributed by atoms with Crippen LogP contribution in [-0.4, -0.2) is 45.5 Å². The summed E-state index contributed by atoms with van der Waals surface area (Å²) in [6.45, 7) is 0. The quantitative estimate of drug-likeness (QED) is 0.303. The Balaban J connectivity index is 1.63. The Morgan fingerprint density at radius 2 is 1.48 bits per heavy atom. The van der Waals surface area contributed by atoms with Crippen molar-refractivity contribution in [2.45, 2.75) is 5.16 Å². The monoisotopic (exact) mass is 432 g/mol. The smallest absolute Gasteiger partial charge is 0.196 e. The van der Waals surface area contributed by atoms with Gasteiger partial charge in [0.25, 0.3) is 0 Å². The van der Waals surface area contributed by atoms with Gasteiger partial charge in [0, 0.05) is 29.2 Å². The van der Waals surface area contributed by atoms with Crippen molar-refractivity contribution in [2.75, 3.05) is 20.0 Å². The second-order valence-electron chi connectivity index (χ2n) is 6.52. The van der Waals surface area contributed by atoms with E-state index in [4.69, 9.17) is 9.47 Å². The number of pyridine rings is 1. The summed E-state index contributed by atoms with van der Waals surface area (Å²) in [4.78, 5) is 16.8. The highest BCUT2D eigenvalue weighted by molar-refractivity contribution is 7.99. The molecule has 0 N–H and O–H groups in total. The van der Waals surface area contributed by atoms with Gasteiger partial charge < -0.3 is 9.47 Å². The number of carbonyl (C=O) groups excluding carboxylic acids is 1. The molecule has 7 nitrogen and oxygen atoms in total. The molecule has 0 aliphatic rings. The molecule has 0 radical (unpaired) electrons. The molecule has 0 aliphatic carbocycles. The summed E-state index contributed by atoms with van der Waals surface area (Å²) < 4.78 is 12.4. The van der Waals surface area contributed by atoms with E-state index in [2.05, 4.69) is 15.2 Å². The second-order valence-corrected chi connectivity index (χ2v) is 7.46. The molecule has 0 aliphatic heterocycles. The third kappa shape index (κ3) is 4.59. The molecule has 0 spiro atoms. The number of carbonyl (C=O) groups is 1. The summed E-state index contributed by atoms with van der Waals surface area (Å²) >= 11 is 1.34. The number of benzene rings is 2. The number of hydrogen-bond donors (Lipinski definition) is 0. The summed E-state index contributed by atoms with van der Waals surface area (Å²) in [6, 6.07) is 18.5. The summed E-state index contributed by atoms with van der Waals surface area (Å²) in [5, 5.41) is 9.36. The topological polar surface area (TPSA) is 79.1 Å². The average molecular weight is 433 g/mol. The second kappa shape index (κ2) is 9.44. The zero-order chi connectivity index (χ0) is 21.6. The van der Waals surface area contributed by atoms with Crippen molar-refractivity contribution in [2.24, 2.45) is 0 Å². The van der Waals surface area contributed by atoms with Gasteiger partial charge in [0.05, 0.1) is 20.0 Å². The van der Waals surface area contributed by atoms with Crippen LogP contribution in [0.2, 0.25) is 0 Å². The number of ether oxygens (including phenoxy) is 2. The van der Waals surface area contributed by atoms with E-state index in [9.17, 15) is 4.79 Å². The maximum Gasteiger partial charge on any atom is 0.196 e. The molecule has 0 saturated heterocycles. The number of nitrogens with zero attached hydrogens (tertiary/aromatic N) is 4. The number of thioether (sulfide) groups is 1. The molecule has 156 valence electrons. The molecule has 4 aromatic rings. The Bertz CT molecular complexity index is 1160. The largest absolute Gasteiger partial charge is 0.497 e. The van der Waals surface area contributed by atoms with Gasteiger partial charge in [-0.1, -0.05) is 11.8 Å². The number of methoxy groups -OCH3 is 2. The highest BCUT2D eigenvalue weighted by Gasteiger charge is 2.18. The van der Waals surface area contributed by atoms with Crippen LogP contribution >= 0.6 is 11.8 Å². The van der Waals surface area contributed by atoms with E-state index in [0.29, 0.717) is 22.3 Å². The van der Waals surface area contributed by atoms with E-state index in [0.717, 1.165) is 17.0 Å². The lowest BCUT2D eigenvalue weighted by Gasteiger charge is -2.11. The highest BCUT2D eigenvalue weighted by Crippen LogP contribution is 2.29. The summed E-state index contributed by atoms with van der Waals surface area (Å²) in [5.41, 5.74) is 2.38. The first-order chi connectivity index (χ1) is 15.2. The summed E-state index contributed by atoms with van der Waals surface area (Å²) in [6.07, 6.45) is 3.42. The minimum absolute atomic E-state index is 0.00222. The van der Waals surface area contributed by atoms with Crippen LogP contribution < -0.4 is 9.47 Å². The van der Waals surface area contributed by atoms with Gasteiger partial charge in [-0.25, -0.2) is 0 Å². The van der Waals surface area contributed by atoms with Gasteiger partial charge in [0.15, 0.2) is 16.8 Å². The lowest BCUT2D eigenvalue weighted by molar-refractivity contribution is 0.102. The van der Waals surface area contributed by atoms with E-state index < -0.39 is 0 Å². The van der Waals surface area contributed by atoms with Crippen LogP contribution in [0.15, 0.2) is 78.2 Å². The molecule has 0 bridgehead atoms. The standard InChI is InChI=1S/C23H20N4O3S/c1-29-19-7-3-16(4-8-19)21(28)15-31-23-26-25-22(17-11-13-24-14-12-17)27(23)18-5-9-20(30-2)10-6-18/h3-14H,15H2,1-2H3. The van der Waals surface area contributed by atoms with Crippen molar-refractivity contribution in [3.8, 4) is 28.6 Å². The fourth-order valence-electron chi connectivity index (χ4n) is 3.01. The number of Topliss-reactive ketones (excluding diaryl/α,β-unsaturated/α-hetero) is 1. The zero-order valence-electron chi connectivity index (χ0n) is 17.1. The Labute approximate surface area is 184 Å². The summed E-state index contributed by atoms with van der Waals surface area (Å²) in [7, 11) is 3.22. The molecule has 0 unspecified atom stereocenters. The van der Waals surface area contributed by atoms with Gasteiger partial charge in [0.1, 0.15) is 11.5 Å². The lowest BCUT2D eigenvalue weighted by Crippen LogP contribution is -2.05. The first-order valence-corrected chi connectivity index (χ1v) is 10.5. The van der Waals surface area contributed by atoms with Gasteiger partial charge in [-0.05, 0) is 60.7 Å². The molecular weight excluding hydrogens is 412 g/mol. The molecule has 2 aromatic heterocycles. The number of ketones is 1. The molecule has 0 amide bonds.